The fraction of sp³-hybridized carbons (Fsp3) is 0.286. The van der Waals surface area contributed by atoms with Crippen LogP contribution in [0.15, 0.2) is 53.1 Å². The lowest BCUT2D eigenvalue weighted by molar-refractivity contribution is -0.148. The van der Waals surface area contributed by atoms with E-state index in [-0.39, 0.29) is 25.0 Å². The van der Waals surface area contributed by atoms with E-state index >= 15 is 0 Å². The van der Waals surface area contributed by atoms with E-state index in [1.807, 2.05) is 36.4 Å². The number of amides is 1. The molecular formula is C21H20N2O4. The van der Waals surface area contributed by atoms with Gasteiger partial charge in [-0.05, 0) is 42.5 Å². The molecule has 1 N–H and O–H groups in total. The van der Waals surface area contributed by atoms with Crippen molar-refractivity contribution < 1.29 is 18.8 Å². The van der Waals surface area contributed by atoms with Crippen molar-refractivity contribution in [2.75, 3.05) is 6.61 Å². The van der Waals surface area contributed by atoms with E-state index in [0.29, 0.717) is 11.3 Å². The summed E-state index contributed by atoms with van der Waals surface area (Å²) in [6.07, 6.45) is 2.92. The maximum Gasteiger partial charge on any atom is 0.312 e. The second kappa shape index (κ2) is 7.61. The van der Waals surface area contributed by atoms with Crippen LogP contribution in [0.1, 0.15) is 35.7 Å². The summed E-state index contributed by atoms with van der Waals surface area (Å²) >= 11 is 0. The average Bonchev–Trinajstić information content (AvgIpc) is 3.10. The Balaban J connectivity index is 1.31. The maximum absolute atomic E-state index is 12.2. The van der Waals surface area contributed by atoms with Gasteiger partial charge in [-0.2, -0.15) is 0 Å². The van der Waals surface area contributed by atoms with Gasteiger partial charge in [0, 0.05) is 5.39 Å². The highest BCUT2D eigenvalue weighted by atomic mass is 16.5. The summed E-state index contributed by atoms with van der Waals surface area (Å²) in [4.78, 5) is 24.3. The molecule has 0 unspecified atom stereocenters. The molecule has 0 bridgehead atoms. The van der Waals surface area contributed by atoms with Crippen LogP contribution in [-0.4, -0.2) is 23.6 Å². The van der Waals surface area contributed by atoms with Gasteiger partial charge in [0.15, 0.2) is 12.2 Å². The van der Waals surface area contributed by atoms with Crippen molar-refractivity contribution in [2.45, 2.75) is 31.7 Å². The van der Waals surface area contributed by atoms with Crippen LogP contribution in [0.25, 0.3) is 11.0 Å². The van der Waals surface area contributed by atoms with Crippen LogP contribution in [0.4, 0.5) is 0 Å². The zero-order valence-corrected chi connectivity index (χ0v) is 14.8. The summed E-state index contributed by atoms with van der Waals surface area (Å²) in [5.41, 5.74) is 3.55. The molecule has 0 saturated heterocycles. The van der Waals surface area contributed by atoms with E-state index in [1.54, 1.807) is 6.07 Å². The lowest BCUT2D eigenvalue weighted by Crippen LogP contribution is -2.34. The summed E-state index contributed by atoms with van der Waals surface area (Å²) < 4.78 is 10.3. The fourth-order valence-corrected chi connectivity index (χ4v) is 3.54. The van der Waals surface area contributed by atoms with Gasteiger partial charge in [0.1, 0.15) is 5.69 Å². The number of rotatable bonds is 5. The number of ether oxygens (including phenoxy) is 1. The first-order valence-corrected chi connectivity index (χ1v) is 9.07. The first-order valence-electron chi connectivity index (χ1n) is 9.07. The number of aryl methyl sites for hydroxylation is 1. The summed E-state index contributed by atoms with van der Waals surface area (Å²) in [7, 11) is 0. The van der Waals surface area contributed by atoms with Crippen LogP contribution < -0.4 is 5.32 Å². The molecule has 1 aromatic heterocycles. The second-order valence-electron chi connectivity index (χ2n) is 6.67. The van der Waals surface area contributed by atoms with Gasteiger partial charge in [-0.3, -0.25) is 9.59 Å². The van der Waals surface area contributed by atoms with Crippen molar-refractivity contribution >= 4 is 22.8 Å². The molecule has 27 heavy (non-hydrogen) atoms. The van der Waals surface area contributed by atoms with Gasteiger partial charge < -0.3 is 14.6 Å². The van der Waals surface area contributed by atoms with Crippen LogP contribution in [0, 0.1) is 0 Å². The quantitative estimate of drug-likeness (QED) is 0.704. The Morgan fingerprint density at radius 1 is 1.15 bits per heavy atom. The zero-order chi connectivity index (χ0) is 18.6. The van der Waals surface area contributed by atoms with Crippen LogP contribution in [0.5, 0.6) is 0 Å². The zero-order valence-electron chi connectivity index (χ0n) is 14.8. The monoisotopic (exact) mass is 364 g/mol. The SMILES string of the molecule is O=C(COC(=O)Cc1noc2ccccc12)N[C@H]1CCCc2ccccc21. The largest absolute Gasteiger partial charge is 0.455 e. The molecule has 1 amide bonds. The molecular weight excluding hydrogens is 344 g/mol. The summed E-state index contributed by atoms with van der Waals surface area (Å²) in [6, 6.07) is 15.4. The Labute approximate surface area is 156 Å². The van der Waals surface area contributed by atoms with Gasteiger partial charge in [-0.25, -0.2) is 0 Å². The highest BCUT2D eigenvalue weighted by molar-refractivity contribution is 5.85. The standard InChI is InChI=1S/C21H20N2O4/c24-20(22-17-10-5-7-14-6-1-2-8-15(14)17)13-26-21(25)12-18-16-9-3-4-11-19(16)27-23-18/h1-4,6,8-9,11,17H,5,7,10,12-13H2,(H,22,24)/t17-/m0/s1. The summed E-state index contributed by atoms with van der Waals surface area (Å²) in [5.74, 6) is -0.802. The number of nitrogens with zero attached hydrogens (tertiary/aromatic N) is 1. The number of nitrogens with one attached hydrogen (secondary N) is 1. The molecule has 6 heteroatoms. The maximum atomic E-state index is 12.2. The Kier molecular flexibility index (Phi) is 4.87. The van der Waals surface area contributed by atoms with E-state index < -0.39 is 5.97 Å². The lowest BCUT2D eigenvalue weighted by atomic mass is 9.88. The van der Waals surface area contributed by atoms with E-state index in [4.69, 9.17) is 9.26 Å². The summed E-state index contributed by atoms with van der Waals surface area (Å²) in [6.45, 7) is -0.298. The van der Waals surface area contributed by atoms with Gasteiger partial charge in [0.2, 0.25) is 0 Å². The Hall–Kier alpha value is -3.15. The minimum Gasteiger partial charge on any atom is -0.455 e. The number of hydrogen-bond donors (Lipinski definition) is 1. The summed E-state index contributed by atoms with van der Waals surface area (Å²) in [5, 5.41) is 7.65. The first kappa shape index (κ1) is 17.3. The van der Waals surface area contributed by atoms with E-state index in [9.17, 15) is 9.59 Å². The number of carbonyl (C=O) groups is 2. The van der Waals surface area contributed by atoms with E-state index in [1.165, 1.54) is 5.56 Å². The molecule has 6 nitrogen and oxygen atoms in total. The lowest BCUT2D eigenvalue weighted by Gasteiger charge is -2.26. The molecule has 1 heterocycles. The molecule has 0 spiro atoms. The van der Waals surface area contributed by atoms with Crippen molar-refractivity contribution in [1.82, 2.24) is 10.5 Å². The Morgan fingerprint density at radius 2 is 1.96 bits per heavy atom. The van der Waals surface area contributed by atoms with Crippen molar-refractivity contribution in [3.05, 3.63) is 65.4 Å². The molecule has 3 aromatic rings. The van der Waals surface area contributed by atoms with Crippen molar-refractivity contribution in [3.8, 4) is 0 Å². The average molecular weight is 364 g/mol. The molecule has 1 aliphatic carbocycles. The smallest absolute Gasteiger partial charge is 0.312 e. The van der Waals surface area contributed by atoms with Crippen molar-refractivity contribution in [2.24, 2.45) is 0 Å². The third-order valence-electron chi connectivity index (χ3n) is 4.83. The van der Waals surface area contributed by atoms with Crippen molar-refractivity contribution in [3.63, 3.8) is 0 Å². The minimum atomic E-state index is -0.506. The van der Waals surface area contributed by atoms with Gasteiger partial charge in [-0.1, -0.05) is 41.6 Å². The number of carbonyl (C=O) groups excluding carboxylic acids is 2. The van der Waals surface area contributed by atoms with Crippen LogP contribution >= 0.6 is 0 Å². The number of esters is 1. The number of benzene rings is 2. The molecule has 0 aliphatic heterocycles. The number of fused-ring (bicyclic) bond motifs is 2. The molecule has 1 aliphatic rings. The van der Waals surface area contributed by atoms with Crippen LogP contribution in [0.3, 0.4) is 0 Å². The molecule has 138 valence electrons. The molecule has 4 rings (SSSR count). The predicted octanol–water partition coefficient (Wildman–Crippen LogP) is 3.11. The predicted molar refractivity (Wildman–Crippen MR) is 98.9 cm³/mol. The highest BCUT2D eigenvalue weighted by Crippen LogP contribution is 2.29. The van der Waals surface area contributed by atoms with Gasteiger partial charge >= 0.3 is 5.97 Å². The number of para-hydroxylation sites is 1. The topological polar surface area (TPSA) is 81.4 Å². The van der Waals surface area contributed by atoms with E-state index in [2.05, 4.69) is 16.5 Å². The third-order valence-corrected chi connectivity index (χ3v) is 4.83. The molecule has 0 fully saturated rings. The van der Waals surface area contributed by atoms with Gasteiger partial charge in [0.25, 0.3) is 5.91 Å². The molecule has 0 radical (unpaired) electrons. The van der Waals surface area contributed by atoms with Gasteiger partial charge in [0.05, 0.1) is 12.5 Å². The minimum absolute atomic E-state index is 0.0272. The fourth-order valence-electron chi connectivity index (χ4n) is 3.54. The molecule has 1 atom stereocenters. The normalized spacial score (nSPS) is 15.9. The molecule has 0 saturated carbocycles. The van der Waals surface area contributed by atoms with E-state index in [0.717, 1.165) is 30.2 Å². The third kappa shape index (κ3) is 3.84. The van der Waals surface area contributed by atoms with Gasteiger partial charge in [-0.15, -0.1) is 0 Å². The molecule has 2 aromatic carbocycles. The number of aromatic nitrogens is 1. The highest BCUT2D eigenvalue weighted by Gasteiger charge is 2.22. The Bertz CT molecular complexity index is 979. The van der Waals surface area contributed by atoms with Crippen LogP contribution in [-0.2, 0) is 27.2 Å². The second-order valence-corrected chi connectivity index (χ2v) is 6.67. The Morgan fingerprint density at radius 3 is 2.89 bits per heavy atom. The first-order chi connectivity index (χ1) is 13.2. The number of hydrogen-bond acceptors (Lipinski definition) is 5. The van der Waals surface area contributed by atoms with Crippen LogP contribution in [0.2, 0.25) is 0 Å². The van der Waals surface area contributed by atoms with Crippen molar-refractivity contribution in [1.29, 1.82) is 0 Å².